The highest BCUT2D eigenvalue weighted by Crippen LogP contribution is 2.28. The second-order valence-electron chi connectivity index (χ2n) is 6.48. The number of aliphatic imine (C=N–C) groups is 1. The lowest BCUT2D eigenvalue weighted by Crippen LogP contribution is -2.34. The average Bonchev–Trinajstić information content (AvgIpc) is 2.94. The van der Waals surface area contributed by atoms with Crippen LogP contribution in [0.25, 0.3) is 0 Å². The first-order valence-electron chi connectivity index (χ1n) is 8.66. The zero-order valence-corrected chi connectivity index (χ0v) is 13.6. The van der Waals surface area contributed by atoms with Crippen LogP contribution in [-0.4, -0.2) is 31.5 Å². The zero-order chi connectivity index (χ0) is 16.1. The first kappa shape index (κ1) is 15.8. The molecule has 1 fully saturated rings. The lowest BCUT2D eigenvalue weighted by molar-refractivity contribution is -0.118. The highest BCUT2D eigenvalue weighted by Gasteiger charge is 2.23. The molecule has 0 saturated heterocycles. The normalized spacial score (nSPS) is 17.7. The topological polar surface area (TPSA) is 70.7 Å². The Labute approximate surface area is 138 Å². The average molecular weight is 314 g/mol. The number of nitrogens with two attached hydrogens (primary N) is 1. The second kappa shape index (κ2) is 7.49. The molecule has 5 heteroatoms. The van der Waals surface area contributed by atoms with E-state index < -0.39 is 0 Å². The first-order valence-corrected chi connectivity index (χ1v) is 8.66. The van der Waals surface area contributed by atoms with Crippen molar-refractivity contribution in [2.75, 3.05) is 24.5 Å². The Morgan fingerprint density at radius 2 is 2.17 bits per heavy atom. The van der Waals surface area contributed by atoms with Crippen LogP contribution in [-0.2, 0) is 11.2 Å². The largest absolute Gasteiger partial charge is 0.370 e. The SMILES string of the molecule is NC(=NCC1CCC1)NCCCC(=O)N1CCc2ccccc21. The molecule has 1 aliphatic carbocycles. The number of carbonyl (C=O) groups excluding carboxylic acids is 1. The van der Waals surface area contributed by atoms with Crippen LogP contribution in [0.4, 0.5) is 5.69 Å². The number of anilines is 1. The summed E-state index contributed by atoms with van der Waals surface area (Å²) in [6.07, 6.45) is 6.16. The van der Waals surface area contributed by atoms with Gasteiger partial charge in [-0.2, -0.15) is 0 Å². The van der Waals surface area contributed by atoms with Crippen molar-refractivity contribution in [3.05, 3.63) is 29.8 Å². The van der Waals surface area contributed by atoms with Gasteiger partial charge < -0.3 is 16.0 Å². The summed E-state index contributed by atoms with van der Waals surface area (Å²) in [6.45, 7) is 2.33. The van der Waals surface area contributed by atoms with Gasteiger partial charge in [-0.3, -0.25) is 9.79 Å². The number of hydrogen-bond donors (Lipinski definition) is 2. The predicted octanol–water partition coefficient (Wildman–Crippen LogP) is 2.06. The van der Waals surface area contributed by atoms with Gasteiger partial charge in [0.2, 0.25) is 5.91 Å². The van der Waals surface area contributed by atoms with Crippen molar-refractivity contribution in [3.63, 3.8) is 0 Å². The molecular weight excluding hydrogens is 288 g/mol. The fourth-order valence-electron chi connectivity index (χ4n) is 3.15. The Hall–Kier alpha value is -2.04. The summed E-state index contributed by atoms with van der Waals surface area (Å²) in [5.41, 5.74) is 8.19. The third-order valence-electron chi connectivity index (χ3n) is 4.81. The van der Waals surface area contributed by atoms with Gasteiger partial charge in [-0.1, -0.05) is 24.6 Å². The molecule has 1 aromatic carbocycles. The zero-order valence-electron chi connectivity index (χ0n) is 13.6. The molecule has 2 aliphatic rings. The number of hydrogen-bond acceptors (Lipinski definition) is 2. The van der Waals surface area contributed by atoms with Crippen molar-refractivity contribution in [1.29, 1.82) is 0 Å². The number of nitrogens with one attached hydrogen (secondary N) is 1. The molecule has 0 aromatic heterocycles. The number of fused-ring (bicyclic) bond motifs is 1. The van der Waals surface area contributed by atoms with E-state index in [1.807, 2.05) is 23.1 Å². The van der Waals surface area contributed by atoms with Crippen molar-refractivity contribution in [3.8, 4) is 0 Å². The van der Waals surface area contributed by atoms with Crippen LogP contribution in [0.5, 0.6) is 0 Å². The second-order valence-corrected chi connectivity index (χ2v) is 6.48. The van der Waals surface area contributed by atoms with Crippen molar-refractivity contribution >= 4 is 17.6 Å². The van der Waals surface area contributed by atoms with E-state index in [2.05, 4.69) is 16.4 Å². The molecule has 0 atom stereocenters. The maximum absolute atomic E-state index is 12.4. The fraction of sp³-hybridized carbons (Fsp3) is 0.556. The predicted molar refractivity (Wildman–Crippen MR) is 93.6 cm³/mol. The van der Waals surface area contributed by atoms with Crippen LogP contribution < -0.4 is 16.0 Å². The number of guanidine groups is 1. The number of benzene rings is 1. The standard InChI is InChI=1S/C18H26N4O/c19-18(21-13-14-5-3-6-14)20-11-4-9-17(23)22-12-10-15-7-1-2-8-16(15)22/h1-2,7-8,14H,3-6,9-13H2,(H3,19,20,21). The Balaban J connectivity index is 1.37. The Kier molecular flexibility index (Phi) is 5.16. The molecule has 3 rings (SSSR count). The van der Waals surface area contributed by atoms with Gasteiger partial charge in [-0.25, -0.2) is 0 Å². The number of carbonyl (C=O) groups is 1. The lowest BCUT2D eigenvalue weighted by Gasteiger charge is -2.23. The minimum Gasteiger partial charge on any atom is -0.370 e. The summed E-state index contributed by atoms with van der Waals surface area (Å²) in [5.74, 6) is 1.43. The quantitative estimate of drug-likeness (QED) is 0.480. The van der Waals surface area contributed by atoms with Gasteiger partial charge in [0.1, 0.15) is 0 Å². The maximum Gasteiger partial charge on any atom is 0.227 e. The van der Waals surface area contributed by atoms with Gasteiger partial charge in [0.05, 0.1) is 0 Å². The van der Waals surface area contributed by atoms with Crippen molar-refractivity contribution in [2.24, 2.45) is 16.6 Å². The molecule has 0 unspecified atom stereocenters. The molecule has 0 spiro atoms. The van der Waals surface area contributed by atoms with Gasteiger partial charge in [0.25, 0.3) is 0 Å². The van der Waals surface area contributed by atoms with Crippen LogP contribution in [0.3, 0.4) is 0 Å². The van der Waals surface area contributed by atoms with Gasteiger partial charge in [-0.05, 0) is 43.2 Å². The summed E-state index contributed by atoms with van der Waals surface area (Å²) in [6, 6.07) is 8.15. The van der Waals surface area contributed by atoms with E-state index in [9.17, 15) is 4.79 Å². The van der Waals surface area contributed by atoms with Gasteiger partial charge in [0.15, 0.2) is 5.96 Å². The molecule has 1 heterocycles. The number of amides is 1. The van der Waals surface area contributed by atoms with E-state index in [4.69, 9.17) is 5.73 Å². The maximum atomic E-state index is 12.4. The Morgan fingerprint density at radius 1 is 1.35 bits per heavy atom. The summed E-state index contributed by atoms with van der Waals surface area (Å²) in [4.78, 5) is 18.6. The Morgan fingerprint density at radius 3 is 2.96 bits per heavy atom. The van der Waals surface area contributed by atoms with Crippen LogP contribution >= 0.6 is 0 Å². The van der Waals surface area contributed by atoms with Gasteiger partial charge in [0, 0.05) is 31.7 Å². The van der Waals surface area contributed by atoms with Crippen LogP contribution in [0, 0.1) is 5.92 Å². The molecule has 124 valence electrons. The smallest absolute Gasteiger partial charge is 0.227 e. The highest BCUT2D eigenvalue weighted by molar-refractivity contribution is 5.95. The van der Waals surface area contributed by atoms with Crippen LogP contribution in [0.2, 0.25) is 0 Å². The fourth-order valence-corrected chi connectivity index (χ4v) is 3.15. The molecule has 1 amide bonds. The molecule has 0 radical (unpaired) electrons. The number of nitrogens with zero attached hydrogens (tertiary/aromatic N) is 2. The minimum atomic E-state index is 0.196. The summed E-state index contributed by atoms with van der Waals surface area (Å²) in [7, 11) is 0. The van der Waals surface area contributed by atoms with E-state index in [1.54, 1.807) is 0 Å². The molecular formula is C18H26N4O. The molecule has 5 nitrogen and oxygen atoms in total. The minimum absolute atomic E-state index is 0.196. The van der Waals surface area contributed by atoms with E-state index in [0.717, 1.165) is 37.5 Å². The van der Waals surface area contributed by atoms with E-state index in [0.29, 0.717) is 18.9 Å². The first-order chi connectivity index (χ1) is 11.2. The summed E-state index contributed by atoms with van der Waals surface area (Å²) in [5, 5.41) is 3.11. The van der Waals surface area contributed by atoms with Crippen molar-refractivity contribution in [2.45, 2.75) is 38.5 Å². The van der Waals surface area contributed by atoms with Crippen molar-refractivity contribution in [1.82, 2.24) is 5.32 Å². The molecule has 1 saturated carbocycles. The van der Waals surface area contributed by atoms with E-state index in [1.165, 1.54) is 24.8 Å². The van der Waals surface area contributed by atoms with Gasteiger partial charge in [-0.15, -0.1) is 0 Å². The lowest BCUT2D eigenvalue weighted by atomic mass is 9.86. The molecule has 3 N–H and O–H groups in total. The Bertz CT molecular complexity index is 580. The van der Waals surface area contributed by atoms with Crippen LogP contribution in [0.15, 0.2) is 29.3 Å². The van der Waals surface area contributed by atoms with Gasteiger partial charge >= 0.3 is 0 Å². The molecule has 23 heavy (non-hydrogen) atoms. The third kappa shape index (κ3) is 4.03. The monoisotopic (exact) mass is 314 g/mol. The van der Waals surface area contributed by atoms with Crippen molar-refractivity contribution < 1.29 is 4.79 Å². The van der Waals surface area contributed by atoms with E-state index >= 15 is 0 Å². The summed E-state index contributed by atoms with van der Waals surface area (Å²) < 4.78 is 0. The molecule has 0 bridgehead atoms. The molecule has 1 aromatic rings. The number of para-hydroxylation sites is 1. The summed E-state index contributed by atoms with van der Waals surface area (Å²) >= 11 is 0. The molecule has 1 aliphatic heterocycles. The number of rotatable bonds is 6. The van der Waals surface area contributed by atoms with E-state index in [-0.39, 0.29) is 5.91 Å². The van der Waals surface area contributed by atoms with Crippen LogP contribution in [0.1, 0.15) is 37.7 Å². The highest BCUT2D eigenvalue weighted by atomic mass is 16.2. The third-order valence-corrected chi connectivity index (χ3v) is 4.81.